The number of rotatable bonds is 1. The van der Waals surface area contributed by atoms with E-state index >= 15 is 0 Å². The maximum atomic E-state index is 13.6. The number of carbonyl (C=O) groups excluding carboxylic acids is 1. The minimum Gasteiger partial charge on any atom is -0.339 e. The number of piperidine rings is 1. The Morgan fingerprint density at radius 3 is 2.57 bits per heavy atom. The first kappa shape index (κ1) is 16.3. The molecule has 2 nitrogen and oxygen atoms in total. The van der Waals surface area contributed by atoms with E-state index in [1.807, 2.05) is 31.7 Å². The quantitative estimate of drug-likeness (QED) is 0.741. The van der Waals surface area contributed by atoms with E-state index in [0.29, 0.717) is 6.54 Å². The third-order valence-corrected chi connectivity index (χ3v) is 4.51. The van der Waals surface area contributed by atoms with Gasteiger partial charge in [-0.15, -0.1) is 0 Å². The highest BCUT2D eigenvalue weighted by molar-refractivity contribution is 6.30. The fourth-order valence-corrected chi connectivity index (χ4v) is 2.98. The van der Waals surface area contributed by atoms with Crippen LogP contribution in [0.15, 0.2) is 18.2 Å². The zero-order valence-corrected chi connectivity index (χ0v) is 13.9. The van der Waals surface area contributed by atoms with Gasteiger partial charge in [0.25, 0.3) is 0 Å². The second-order valence-electron chi connectivity index (χ2n) is 7.00. The molecule has 1 amide bonds. The van der Waals surface area contributed by atoms with Gasteiger partial charge >= 0.3 is 0 Å². The average Bonchev–Trinajstić information content (AvgIpc) is 2.41. The van der Waals surface area contributed by atoms with Crippen LogP contribution in [0.5, 0.6) is 0 Å². The Kier molecular flexibility index (Phi) is 4.62. The molecule has 0 radical (unpaired) electrons. The number of hydrogen-bond acceptors (Lipinski definition) is 1. The van der Waals surface area contributed by atoms with Crippen molar-refractivity contribution in [3.8, 4) is 0 Å². The van der Waals surface area contributed by atoms with Gasteiger partial charge in [-0.2, -0.15) is 0 Å². The normalized spacial score (nSPS) is 23.2. The van der Waals surface area contributed by atoms with Crippen molar-refractivity contribution in [1.29, 1.82) is 0 Å². The molecular weight excluding hydrogens is 289 g/mol. The number of amides is 1. The Labute approximate surface area is 131 Å². The molecule has 1 fully saturated rings. The molecular formula is C17H23ClFNO. The molecule has 0 spiro atoms. The maximum Gasteiger partial charge on any atom is 0.228 e. The highest BCUT2D eigenvalue weighted by atomic mass is 35.5. The van der Waals surface area contributed by atoms with Crippen molar-refractivity contribution < 1.29 is 9.18 Å². The SMILES string of the molecule is C[C@@H]1CC[C@@H](c2ccc(Cl)c(F)c2)CN1C(=O)C(C)(C)C. The van der Waals surface area contributed by atoms with Gasteiger partial charge in [0.15, 0.2) is 0 Å². The largest absolute Gasteiger partial charge is 0.339 e. The van der Waals surface area contributed by atoms with E-state index in [4.69, 9.17) is 11.6 Å². The van der Waals surface area contributed by atoms with E-state index in [9.17, 15) is 9.18 Å². The molecule has 21 heavy (non-hydrogen) atoms. The topological polar surface area (TPSA) is 20.3 Å². The standard InChI is InChI=1S/C17H23ClFNO/c1-11-5-6-13(10-20(11)16(21)17(2,3)4)12-7-8-14(18)15(19)9-12/h7-9,11,13H,5-6,10H2,1-4H3/t11-,13-/m1/s1. The van der Waals surface area contributed by atoms with Gasteiger partial charge < -0.3 is 4.90 Å². The van der Waals surface area contributed by atoms with Crippen LogP contribution in [0.4, 0.5) is 4.39 Å². The summed E-state index contributed by atoms with van der Waals surface area (Å²) in [5, 5.41) is 0.144. The van der Waals surface area contributed by atoms with Crippen molar-refractivity contribution in [2.24, 2.45) is 5.41 Å². The van der Waals surface area contributed by atoms with Gasteiger partial charge in [-0.25, -0.2) is 4.39 Å². The molecule has 4 heteroatoms. The molecule has 0 bridgehead atoms. The van der Waals surface area contributed by atoms with Gasteiger partial charge in [0, 0.05) is 23.9 Å². The smallest absolute Gasteiger partial charge is 0.228 e. The molecule has 0 N–H and O–H groups in total. The third kappa shape index (κ3) is 3.57. The molecule has 0 aromatic heterocycles. The van der Waals surface area contributed by atoms with Crippen molar-refractivity contribution in [3.63, 3.8) is 0 Å². The van der Waals surface area contributed by atoms with Gasteiger partial charge in [-0.05, 0) is 37.5 Å². The Bertz CT molecular complexity index is 538. The second-order valence-corrected chi connectivity index (χ2v) is 7.41. The summed E-state index contributed by atoms with van der Waals surface area (Å²) in [5.41, 5.74) is 0.539. The lowest BCUT2D eigenvalue weighted by molar-refractivity contribution is -0.143. The van der Waals surface area contributed by atoms with Crippen LogP contribution in [0.3, 0.4) is 0 Å². The molecule has 0 aliphatic carbocycles. The average molecular weight is 312 g/mol. The van der Waals surface area contributed by atoms with Crippen LogP contribution >= 0.6 is 11.6 Å². The number of nitrogens with zero attached hydrogens (tertiary/aromatic N) is 1. The lowest BCUT2D eigenvalue weighted by atomic mass is 9.85. The highest BCUT2D eigenvalue weighted by Crippen LogP contribution is 2.33. The van der Waals surface area contributed by atoms with Gasteiger partial charge in [-0.3, -0.25) is 4.79 Å². The van der Waals surface area contributed by atoms with Gasteiger partial charge in [0.1, 0.15) is 5.82 Å². The summed E-state index contributed by atoms with van der Waals surface area (Å²) >= 11 is 5.74. The van der Waals surface area contributed by atoms with Crippen molar-refractivity contribution in [1.82, 2.24) is 4.90 Å². The Morgan fingerprint density at radius 1 is 1.33 bits per heavy atom. The number of halogens is 2. The van der Waals surface area contributed by atoms with Crippen molar-refractivity contribution >= 4 is 17.5 Å². The van der Waals surface area contributed by atoms with Crippen LogP contribution in [0.25, 0.3) is 0 Å². The first-order chi connectivity index (χ1) is 9.70. The van der Waals surface area contributed by atoms with Gasteiger partial charge in [-0.1, -0.05) is 38.4 Å². The molecule has 1 aromatic rings. The molecule has 1 aliphatic rings. The zero-order valence-electron chi connectivity index (χ0n) is 13.1. The van der Waals surface area contributed by atoms with Crippen LogP contribution in [-0.2, 0) is 4.79 Å². The Balaban J connectivity index is 2.20. The third-order valence-electron chi connectivity index (χ3n) is 4.20. The number of likely N-dealkylation sites (tertiary alicyclic amines) is 1. The first-order valence-electron chi connectivity index (χ1n) is 7.46. The van der Waals surface area contributed by atoms with Crippen molar-refractivity contribution in [2.75, 3.05) is 6.54 Å². The molecule has 1 aliphatic heterocycles. The maximum absolute atomic E-state index is 13.6. The van der Waals surface area contributed by atoms with Crippen molar-refractivity contribution in [3.05, 3.63) is 34.6 Å². The molecule has 116 valence electrons. The monoisotopic (exact) mass is 311 g/mol. The van der Waals surface area contributed by atoms with E-state index in [0.717, 1.165) is 18.4 Å². The van der Waals surface area contributed by atoms with E-state index < -0.39 is 0 Å². The summed E-state index contributed by atoms with van der Waals surface area (Å²) in [7, 11) is 0. The van der Waals surface area contributed by atoms with Crippen LogP contribution < -0.4 is 0 Å². The molecule has 1 saturated heterocycles. The van der Waals surface area contributed by atoms with E-state index in [1.165, 1.54) is 6.07 Å². The fraction of sp³-hybridized carbons (Fsp3) is 0.588. The van der Waals surface area contributed by atoms with Crippen LogP contribution in [0, 0.1) is 11.2 Å². The minimum atomic E-state index is -0.388. The lowest BCUT2D eigenvalue weighted by Gasteiger charge is -2.41. The number of hydrogen-bond donors (Lipinski definition) is 0. The molecule has 1 aromatic carbocycles. The van der Waals surface area contributed by atoms with E-state index in [1.54, 1.807) is 6.07 Å². The Morgan fingerprint density at radius 2 is 2.00 bits per heavy atom. The summed E-state index contributed by atoms with van der Waals surface area (Å²) in [4.78, 5) is 14.5. The number of benzene rings is 1. The zero-order chi connectivity index (χ0) is 15.8. The minimum absolute atomic E-state index is 0.144. The first-order valence-corrected chi connectivity index (χ1v) is 7.84. The predicted octanol–water partition coefficient (Wildman–Crippen LogP) is 4.62. The summed E-state index contributed by atoms with van der Waals surface area (Å²) in [6, 6.07) is 5.21. The molecule has 0 saturated carbocycles. The summed E-state index contributed by atoms with van der Waals surface area (Å²) in [6.45, 7) is 8.55. The predicted molar refractivity (Wildman–Crippen MR) is 84.0 cm³/mol. The fourth-order valence-electron chi connectivity index (χ4n) is 2.86. The molecule has 2 atom stereocenters. The van der Waals surface area contributed by atoms with Crippen molar-refractivity contribution in [2.45, 2.75) is 52.5 Å². The Hall–Kier alpha value is -1.09. The van der Waals surface area contributed by atoms with E-state index in [-0.39, 0.29) is 34.1 Å². The number of carbonyl (C=O) groups is 1. The highest BCUT2D eigenvalue weighted by Gasteiger charge is 2.35. The van der Waals surface area contributed by atoms with E-state index in [2.05, 4.69) is 6.92 Å². The van der Waals surface area contributed by atoms with Crippen LogP contribution in [0.1, 0.15) is 52.0 Å². The molecule has 1 heterocycles. The second kappa shape index (κ2) is 5.96. The summed E-state index contributed by atoms with van der Waals surface area (Å²) in [6.07, 6.45) is 1.91. The molecule has 0 unspecified atom stereocenters. The summed E-state index contributed by atoms with van der Waals surface area (Å²) < 4.78 is 13.6. The van der Waals surface area contributed by atoms with Gasteiger partial charge in [0.05, 0.1) is 5.02 Å². The lowest BCUT2D eigenvalue weighted by Crippen LogP contribution is -2.49. The van der Waals surface area contributed by atoms with Crippen LogP contribution in [-0.4, -0.2) is 23.4 Å². The van der Waals surface area contributed by atoms with Gasteiger partial charge in [0.2, 0.25) is 5.91 Å². The molecule has 2 rings (SSSR count). The van der Waals surface area contributed by atoms with Crippen LogP contribution in [0.2, 0.25) is 5.02 Å². The summed E-state index contributed by atoms with van der Waals surface area (Å²) in [5.74, 6) is -0.0464.